The van der Waals surface area contributed by atoms with Crippen molar-refractivity contribution in [3.63, 3.8) is 0 Å². The van der Waals surface area contributed by atoms with Crippen molar-refractivity contribution < 1.29 is 0 Å². The van der Waals surface area contributed by atoms with Crippen LogP contribution in [0, 0.1) is 0 Å². The minimum atomic E-state index is -0.106. The van der Waals surface area contributed by atoms with Crippen LogP contribution < -0.4 is 31.7 Å². The molecule has 4 aliphatic rings. The van der Waals surface area contributed by atoms with Crippen LogP contribution in [0.5, 0.6) is 0 Å². The minimum absolute atomic E-state index is 0.103. The lowest BCUT2D eigenvalue weighted by Crippen LogP contribution is -2.61. The molecular weight excluding hydrogens is 798 g/mol. The second-order valence-electron chi connectivity index (χ2n) is 18.3. The summed E-state index contributed by atoms with van der Waals surface area (Å²) in [6, 6.07) is 82.0. The van der Waals surface area contributed by atoms with Gasteiger partial charge in [0.1, 0.15) is 0 Å². The molecule has 10 aromatic carbocycles. The van der Waals surface area contributed by atoms with Crippen LogP contribution in [0.2, 0.25) is 0 Å². The molecule has 0 atom stereocenters. The van der Waals surface area contributed by atoms with Gasteiger partial charge in [0.2, 0.25) is 0 Å². The van der Waals surface area contributed by atoms with Gasteiger partial charge in [-0.3, -0.25) is 0 Å². The fraction of sp³-hybridized carbons (Fsp3) is 0. The molecule has 16 rings (SSSR count). The third kappa shape index (κ3) is 4.28. The Morgan fingerprint density at radius 3 is 1.56 bits per heavy atom. The van der Waals surface area contributed by atoms with Crippen molar-refractivity contribution in [3.8, 4) is 33.4 Å². The Morgan fingerprint density at radius 1 is 0.318 bits per heavy atom. The topological polar surface area (TPSA) is 16.3 Å². The quantitative estimate of drug-likeness (QED) is 0.165. The number of nitrogens with zero attached hydrogens (tertiary/aromatic N) is 4. The second-order valence-corrected chi connectivity index (χ2v) is 18.3. The number of anilines is 6. The molecule has 66 heavy (non-hydrogen) atoms. The third-order valence-electron chi connectivity index (χ3n) is 15.2. The first-order chi connectivity index (χ1) is 32.8. The predicted molar refractivity (Wildman–Crippen MR) is 279 cm³/mol. The molecule has 0 saturated carbocycles. The highest BCUT2D eigenvalue weighted by atomic mass is 15.2. The molecule has 0 unspecified atom stereocenters. The Morgan fingerprint density at radius 2 is 0.864 bits per heavy atom. The van der Waals surface area contributed by atoms with E-state index < -0.39 is 0 Å². The summed E-state index contributed by atoms with van der Waals surface area (Å²) in [7, 11) is 0. The summed E-state index contributed by atoms with van der Waals surface area (Å²) >= 11 is 0. The number of hydrogen-bond donors (Lipinski definition) is 0. The lowest BCUT2D eigenvalue weighted by atomic mass is 9.41. The van der Waals surface area contributed by atoms with E-state index in [0.29, 0.717) is 0 Å². The number of para-hydroxylation sites is 6. The zero-order chi connectivity index (χ0) is 42.8. The standard InChI is InChI=1S/C60H36B2N4/c1-4-17-37(18-5-1)38-33-34-48-53(35-38)63(39-19-6-2-7-20-39)54-36-49-60(55-47-29-15-27-45-42-24-11-13-31-51(42)66(59(45)47)61(48)57(54)55)64(40-21-8-3-9-22-40)52-32-16-25-43-46-28-14-26-44-41-23-10-12-30-50(41)65(58(44)46)62(49)56(43)52/h1-36H. The van der Waals surface area contributed by atoms with Crippen molar-refractivity contribution in [1.29, 1.82) is 0 Å². The number of hydrogen-bond acceptors (Lipinski definition) is 2. The van der Waals surface area contributed by atoms with Gasteiger partial charge in [0.15, 0.2) is 0 Å². The molecule has 302 valence electrons. The zero-order valence-corrected chi connectivity index (χ0v) is 35.7. The summed E-state index contributed by atoms with van der Waals surface area (Å²) in [4.78, 5) is 5.20. The van der Waals surface area contributed by atoms with Crippen molar-refractivity contribution in [2.75, 3.05) is 9.80 Å². The first-order valence-electron chi connectivity index (χ1n) is 23.1. The Kier molecular flexibility index (Phi) is 6.68. The van der Waals surface area contributed by atoms with Crippen LogP contribution >= 0.6 is 0 Å². The molecule has 0 radical (unpaired) electrons. The largest absolute Gasteiger partial charge is 0.375 e. The maximum absolute atomic E-state index is 2.70. The van der Waals surface area contributed by atoms with Crippen molar-refractivity contribution in [3.05, 3.63) is 218 Å². The molecule has 0 spiro atoms. The van der Waals surface area contributed by atoms with Crippen LogP contribution in [0.25, 0.3) is 77.0 Å². The highest BCUT2D eigenvalue weighted by molar-refractivity contribution is 6.93. The van der Waals surface area contributed by atoms with Crippen LogP contribution in [-0.2, 0) is 0 Å². The van der Waals surface area contributed by atoms with Crippen LogP contribution in [0.4, 0.5) is 34.1 Å². The van der Waals surface area contributed by atoms with Crippen LogP contribution in [0.3, 0.4) is 0 Å². The maximum atomic E-state index is 2.70. The van der Waals surface area contributed by atoms with Gasteiger partial charge in [-0.1, -0.05) is 164 Å². The van der Waals surface area contributed by atoms with Gasteiger partial charge in [-0.05, 0) is 93.1 Å². The fourth-order valence-corrected chi connectivity index (χ4v) is 12.8. The van der Waals surface area contributed by atoms with E-state index in [0.717, 1.165) is 11.4 Å². The van der Waals surface area contributed by atoms with Crippen molar-refractivity contribution in [1.82, 2.24) is 8.96 Å². The van der Waals surface area contributed by atoms with E-state index in [4.69, 9.17) is 0 Å². The highest BCUT2D eigenvalue weighted by Crippen LogP contribution is 2.53. The molecule has 4 nitrogen and oxygen atoms in total. The van der Waals surface area contributed by atoms with Gasteiger partial charge in [-0.25, -0.2) is 0 Å². The number of aromatic nitrogens is 2. The normalized spacial score (nSPS) is 13.6. The lowest BCUT2D eigenvalue weighted by Gasteiger charge is -2.46. The van der Waals surface area contributed by atoms with Crippen LogP contribution in [-0.4, -0.2) is 22.7 Å². The first kappa shape index (κ1) is 34.9. The molecule has 0 amide bonds. The molecule has 6 heterocycles. The summed E-state index contributed by atoms with van der Waals surface area (Å²) in [6.45, 7) is -0.209. The molecule has 6 heteroatoms. The first-order valence-corrected chi connectivity index (χ1v) is 23.1. The van der Waals surface area contributed by atoms with E-state index in [1.807, 2.05) is 0 Å². The van der Waals surface area contributed by atoms with Gasteiger partial charge in [0, 0.05) is 88.7 Å². The lowest BCUT2D eigenvalue weighted by molar-refractivity contribution is 1.23. The third-order valence-corrected chi connectivity index (χ3v) is 15.2. The molecule has 0 fully saturated rings. The molecular formula is C60H36B2N4. The average molecular weight is 835 g/mol. The van der Waals surface area contributed by atoms with E-state index in [9.17, 15) is 0 Å². The summed E-state index contributed by atoms with van der Waals surface area (Å²) in [5.41, 5.74) is 25.1. The number of benzene rings is 10. The Hall–Kier alpha value is -8.47. The smallest absolute Gasteiger partial charge is 0.333 e. The van der Waals surface area contributed by atoms with Gasteiger partial charge in [-0.2, -0.15) is 0 Å². The molecule has 2 aromatic heterocycles. The monoisotopic (exact) mass is 834 g/mol. The van der Waals surface area contributed by atoms with Crippen molar-refractivity contribution in [2.45, 2.75) is 0 Å². The molecule has 0 N–H and O–H groups in total. The zero-order valence-electron chi connectivity index (χ0n) is 35.7. The predicted octanol–water partition coefficient (Wildman–Crippen LogP) is 12.4. The Balaban J connectivity index is 1.13. The SMILES string of the molecule is c1ccc(-c2ccc3c(c2)N(c2ccccc2)c2cc4c(c5c2B3n2c3ccccc3c3cccc-5c32)N(c2ccccc2)c2cccc3c2B4n2c4ccccc4c4cccc-3c42)cc1. The number of rotatable bonds is 3. The molecule has 12 aromatic rings. The van der Waals surface area contributed by atoms with E-state index in [1.54, 1.807) is 0 Å². The molecule has 4 aliphatic heterocycles. The van der Waals surface area contributed by atoms with E-state index >= 15 is 0 Å². The van der Waals surface area contributed by atoms with Crippen molar-refractivity contribution in [2.24, 2.45) is 0 Å². The summed E-state index contributed by atoms with van der Waals surface area (Å²) in [5.74, 6) is 0. The van der Waals surface area contributed by atoms with Gasteiger partial charge in [-0.15, -0.1) is 0 Å². The van der Waals surface area contributed by atoms with E-state index in [1.165, 1.54) is 122 Å². The molecule has 0 saturated heterocycles. The number of fused-ring (bicyclic) bond motifs is 15. The highest BCUT2D eigenvalue weighted by Gasteiger charge is 2.50. The minimum Gasteiger partial charge on any atom is -0.375 e. The van der Waals surface area contributed by atoms with Crippen LogP contribution in [0.15, 0.2) is 218 Å². The maximum Gasteiger partial charge on any atom is 0.333 e. The fourth-order valence-electron chi connectivity index (χ4n) is 12.8. The summed E-state index contributed by atoms with van der Waals surface area (Å²) in [6.07, 6.45) is 0. The van der Waals surface area contributed by atoms with Gasteiger partial charge < -0.3 is 18.8 Å². The van der Waals surface area contributed by atoms with E-state index in [2.05, 4.69) is 237 Å². The van der Waals surface area contributed by atoms with Crippen LogP contribution in [0.1, 0.15) is 0 Å². The molecule has 0 aliphatic carbocycles. The average Bonchev–Trinajstić information content (AvgIpc) is 3.91. The Labute approximate surface area is 382 Å². The van der Waals surface area contributed by atoms with Gasteiger partial charge in [0.25, 0.3) is 0 Å². The molecule has 0 bridgehead atoms. The van der Waals surface area contributed by atoms with Gasteiger partial charge in [0.05, 0.1) is 5.69 Å². The summed E-state index contributed by atoms with van der Waals surface area (Å²) < 4.78 is 5.38. The second kappa shape index (κ2) is 12.6. The summed E-state index contributed by atoms with van der Waals surface area (Å²) in [5, 5.41) is 5.16. The van der Waals surface area contributed by atoms with E-state index in [-0.39, 0.29) is 13.7 Å². The van der Waals surface area contributed by atoms with Gasteiger partial charge >= 0.3 is 13.7 Å². The Bertz CT molecular complexity index is 4080. The van der Waals surface area contributed by atoms with Crippen molar-refractivity contribution >= 4 is 113 Å².